The van der Waals surface area contributed by atoms with Gasteiger partial charge in [0.15, 0.2) is 0 Å². The van der Waals surface area contributed by atoms with E-state index in [1.807, 2.05) is 6.20 Å². The van der Waals surface area contributed by atoms with Gasteiger partial charge >= 0.3 is 0 Å². The number of hydrogen-bond acceptors (Lipinski definition) is 1. The van der Waals surface area contributed by atoms with Crippen LogP contribution < -0.4 is 0 Å². The highest BCUT2D eigenvalue weighted by atomic mass is 15.0. The van der Waals surface area contributed by atoms with Crippen LogP contribution in [0.15, 0.2) is 146 Å². The van der Waals surface area contributed by atoms with E-state index >= 15 is 0 Å². The molecule has 0 N–H and O–H groups in total. The summed E-state index contributed by atoms with van der Waals surface area (Å²) >= 11 is 0. The second kappa shape index (κ2) is 9.26. The van der Waals surface area contributed by atoms with Gasteiger partial charge in [-0.25, -0.2) is 0 Å². The second-order valence-electron chi connectivity index (χ2n) is 12.5. The minimum Gasteiger partial charge on any atom is -0.309 e. The lowest BCUT2D eigenvalue weighted by molar-refractivity contribution is 0.630. The summed E-state index contributed by atoms with van der Waals surface area (Å²) in [7, 11) is 0. The standard InChI is InChI=1S/C42H30N2/c1-42(2)36-17-8-9-18-39(36)44-38-20-19-30(27-11-4-3-5-12-27)24-34(38)35-25-32(26-37(42)41(35)44)29-14-10-15-31(23-29)40-33-16-7-6-13-28(33)21-22-43-40/h3-26H,1-2H3. The molecule has 2 aromatic heterocycles. The lowest BCUT2D eigenvalue weighted by Gasteiger charge is -2.35. The maximum atomic E-state index is 4.83. The SMILES string of the molecule is CC1(C)c2ccccc2-n2c3ccc(-c4ccccc4)cc3c3cc(-c4cccc(-c5nccc6ccccc56)c4)cc1c32. The molecule has 3 heterocycles. The van der Waals surface area contributed by atoms with Crippen LogP contribution in [-0.4, -0.2) is 9.55 Å². The van der Waals surface area contributed by atoms with Crippen LogP contribution in [0.25, 0.3) is 71.8 Å². The van der Waals surface area contributed by atoms with Crippen molar-refractivity contribution in [2.75, 3.05) is 0 Å². The highest BCUT2D eigenvalue weighted by molar-refractivity contribution is 6.14. The molecule has 0 fully saturated rings. The Hall–Kier alpha value is -5.47. The third kappa shape index (κ3) is 3.58. The average Bonchev–Trinajstić information content (AvgIpc) is 3.41. The maximum Gasteiger partial charge on any atom is 0.0780 e. The zero-order chi connectivity index (χ0) is 29.4. The highest BCUT2D eigenvalue weighted by Crippen LogP contribution is 2.49. The quantitative estimate of drug-likeness (QED) is 0.209. The van der Waals surface area contributed by atoms with Gasteiger partial charge in [0.05, 0.1) is 22.4 Å². The first-order valence-electron chi connectivity index (χ1n) is 15.3. The molecule has 0 bridgehead atoms. The number of para-hydroxylation sites is 1. The van der Waals surface area contributed by atoms with Crippen LogP contribution in [-0.2, 0) is 5.41 Å². The fourth-order valence-corrected chi connectivity index (χ4v) is 7.39. The average molecular weight is 563 g/mol. The summed E-state index contributed by atoms with van der Waals surface area (Å²) in [6.45, 7) is 4.74. The number of fused-ring (bicyclic) bond motifs is 6. The van der Waals surface area contributed by atoms with Gasteiger partial charge in [0, 0.05) is 33.3 Å². The van der Waals surface area contributed by atoms with Crippen molar-refractivity contribution in [3.8, 4) is 39.2 Å². The van der Waals surface area contributed by atoms with E-state index in [4.69, 9.17) is 4.98 Å². The molecule has 0 radical (unpaired) electrons. The summed E-state index contributed by atoms with van der Waals surface area (Å²) in [5, 5.41) is 4.95. The van der Waals surface area contributed by atoms with Gasteiger partial charge in [-0.1, -0.05) is 111 Å². The molecule has 0 unspecified atom stereocenters. The van der Waals surface area contributed by atoms with Gasteiger partial charge in [-0.15, -0.1) is 0 Å². The third-order valence-electron chi connectivity index (χ3n) is 9.60. The van der Waals surface area contributed by atoms with E-state index in [1.54, 1.807) is 0 Å². The van der Waals surface area contributed by atoms with Crippen LogP contribution >= 0.6 is 0 Å². The molecule has 6 aromatic carbocycles. The van der Waals surface area contributed by atoms with Crippen LogP contribution in [0.3, 0.4) is 0 Å². The van der Waals surface area contributed by atoms with E-state index in [2.05, 4.69) is 158 Å². The summed E-state index contributed by atoms with van der Waals surface area (Å²) in [6.07, 6.45) is 1.92. The van der Waals surface area contributed by atoms with Gasteiger partial charge in [0.1, 0.15) is 0 Å². The Kier molecular flexibility index (Phi) is 5.28. The topological polar surface area (TPSA) is 17.8 Å². The predicted octanol–water partition coefficient (Wildman–Crippen LogP) is 11.0. The molecular formula is C42H30N2. The Morgan fingerprint density at radius 2 is 1.23 bits per heavy atom. The molecule has 9 rings (SSSR count). The van der Waals surface area contributed by atoms with Crippen molar-refractivity contribution in [3.63, 3.8) is 0 Å². The Morgan fingerprint density at radius 3 is 2.14 bits per heavy atom. The summed E-state index contributed by atoms with van der Waals surface area (Å²) in [5.41, 5.74) is 13.4. The molecule has 0 aliphatic carbocycles. The monoisotopic (exact) mass is 562 g/mol. The zero-order valence-corrected chi connectivity index (χ0v) is 24.8. The van der Waals surface area contributed by atoms with Gasteiger partial charge < -0.3 is 4.57 Å². The first-order valence-corrected chi connectivity index (χ1v) is 15.3. The third-order valence-corrected chi connectivity index (χ3v) is 9.60. The summed E-state index contributed by atoms with van der Waals surface area (Å²) < 4.78 is 2.50. The Bertz CT molecular complexity index is 2400. The van der Waals surface area contributed by atoms with Crippen LogP contribution in [0.4, 0.5) is 0 Å². The summed E-state index contributed by atoms with van der Waals surface area (Å²) in [4.78, 5) is 4.83. The van der Waals surface area contributed by atoms with Gasteiger partial charge in [-0.3, -0.25) is 4.98 Å². The van der Waals surface area contributed by atoms with Crippen LogP contribution in [0.2, 0.25) is 0 Å². The molecule has 1 aliphatic rings. The van der Waals surface area contributed by atoms with Gasteiger partial charge in [-0.2, -0.15) is 0 Å². The molecule has 44 heavy (non-hydrogen) atoms. The van der Waals surface area contributed by atoms with Crippen molar-refractivity contribution >= 4 is 32.6 Å². The minimum absolute atomic E-state index is 0.160. The van der Waals surface area contributed by atoms with E-state index in [0.29, 0.717) is 0 Å². The number of rotatable bonds is 3. The van der Waals surface area contributed by atoms with E-state index in [1.165, 1.54) is 71.6 Å². The van der Waals surface area contributed by atoms with Crippen molar-refractivity contribution < 1.29 is 0 Å². The molecule has 0 atom stereocenters. The van der Waals surface area contributed by atoms with Crippen molar-refractivity contribution in [2.24, 2.45) is 0 Å². The molecule has 8 aromatic rings. The Balaban J connectivity index is 1.33. The number of nitrogens with zero attached hydrogens (tertiary/aromatic N) is 2. The van der Waals surface area contributed by atoms with Crippen molar-refractivity contribution in [3.05, 3.63) is 157 Å². The van der Waals surface area contributed by atoms with Gasteiger partial charge in [-0.05, 0) is 81.2 Å². The molecule has 2 heteroatoms. The normalized spacial score (nSPS) is 13.4. The lowest BCUT2D eigenvalue weighted by Crippen LogP contribution is -2.26. The molecule has 0 amide bonds. The lowest BCUT2D eigenvalue weighted by atomic mass is 9.74. The first kappa shape index (κ1) is 25.1. The minimum atomic E-state index is -0.160. The fourth-order valence-electron chi connectivity index (χ4n) is 7.39. The van der Waals surface area contributed by atoms with E-state index in [-0.39, 0.29) is 5.41 Å². The number of benzene rings is 6. The second-order valence-corrected chi connectivity index (χ2v) is 12.5. The smallest absolute Gasteiger partial charge is 0.0780 e. The van der Waals surface area contributed by atoms with Crippen molar-refractivity contribution in [1.82, 2.24) is 9.55 Å². The highest BCUT2D eigenvalue weighted by Gasteiger charge is 2.35. The van der Waals surface area contributed by atoms with Crippen molar-refractivity contribution in [2.45, 2.75) is 19.3 Å². The largest absolute Gasteiger partial charge is 0.309 e. The first-order chi connectivity index (χ1) is 21.6. The Morgan fingerprint density at radius 1 is 0.500 bits per heavy atom. The molecule has 0 spiro atoms. The molecule has 0 saturated carbocycles. The van der Waals surface area contributed by atoms with Crippen LogP contribution in [0, 0.1) is 0 Å². The van der Waals surface area contributed by atoms with Gasteiger partial charge in [0.25, 0.3) is 0 Å². The molecule has 0 saturated heterocycles. The number of aromatic nitrogens is 2. The molecule has 2 nitrogen and oxygen atoms in total. The predicted molar refractivity (Wildman–Crippen MR) is 185 cm³/mol. The summed E-state index contributed by atoms with van der Waals surface area (Å²) in [6, 6.07) is 50.9. The molecule has 1 aliphatic heterocycles. The van der Waals surface area contributed by atoms with E-state index in [0.717, 1.165) is 11.3 Å². The van der Waals surface area contributed by atoms with Crippen LogP contribution in [0.1, 0.15) is 25.0 Å². The molecule has 208 valence electrons. The summed E-state index contributed by atoms with van der Waals surface area (Å²) in [5.74, 6) is 0. The number of hydrogen-bond donors (Lipinski definition) is 0. The fraction of sp³-hybridized carbons (Fsp3) is 0.0714. The van der Waals surface area contributed by atoms with Crippen molar-refractivity contribution in [1.29, 1.82) is 0 Å². The molecular weight excluding hydrogens is 532 g/mol. The maximum absolute atomic E-state index is 4.83. The Labute approximate surface area is 256 Å². The van der Waals surface area contributed by atoms with E-state index in [9.17, 15) is 0 Å². The van der Waals surface area contributed by atoms with Gasteiger partial charge in [0.2, 0.25) is 0 Å². The number of pyridine rings is 1. The van der Waals surface area contributed by atoms with Crippen LogP contribution in [0.5, 0.6) is 0 Å². The zero-order valence-electron chi connectivity index (χ0n) is 24.8. The van der Waals surface area contributed by atoms with E-state index < -0.39 is 0 Å².